The largest absolute Gasteiger partial charge is 0.427 e. The Morgan fingerprint density at radius 2 is 0.841 bits per heavy atom. The van der Waals surface area contributed by atoms with Crippen LogP contribution in [0.2, 0.25) is 0 Å². The summed E-state index contributed by atoms with van der Waals surface area (Å²) in [5.74, 6) is 1.95. The van der Waals surface area contributed by atoms with Gasteiger partial charge in [0, 0.05) is 24.9 Å². The molecule has 0 bridgehead atoms. The van der Waals surface area contributed by atoms with Crippen molar-refractivity contribution in [1.29, 1.82) is 0 Å². The normalized spacial score (nSPS) is 12.4. The molecular weight excluding hydrogens is 548 g/mol. The molecule has 248 valence electrons. The zero-order valence-corrected chi connectivity index (χ0v) is 28.2. The summed E-state index contributed by atoms with van der Waals surface area (Å²) in [5, 5.41) is 0. The highest BCUT2D eigenvalue weighted by Crippen LogP contribution is 2.19. The molecule has 0 amide bonds. The van der Waals surface area contributed by atoms with Crippen LogP contribution in [0.5, 0.6) is 11.5 Å². The van der Waals surface area contributed by atoms with Crippen molar-refractivity contribution in [3.8, 4) is 11.5 Å². The average molecular weight is 611 g/mol. The van der Waals surface area contributed by atoms with Gasteiger partial charge in [0.2, 0.25) is 0 Å². The van der Waals surface area contributed by atoms with Crippen molar-refractivity contribution in [1.82, 2.24) is 0 Å². The summed E-state index contributed by atoms with van der Waals surface area (Å²) in [6.45, 7) is 9.06. The molecule has 0 aliphatic rings. The summed E-state index contributed by atoms with van der Waals surface area (Å²) in [6, 6.07) is 18.7. The summed E-state index contributed by atoms with van der Waals surface area (Å²) < 4.78 is 10.3. The van der Waals surface area contributed by atoms with Crippen molar-refractivity contribution in [3.63, 3.8) is 0 Å². The maximum absolute atomic E-state index is 11.6. The quantitative estimate of drug-likeness (QED) is 0.0782. The Bertz CT molecular complexity index is 882. The monoisotopic (exact) mass is 610 g/mol. The van der Waals surface area contributed by atoms with Gasteiger partial charge in [-0.25, -0.2) is 0 Å². The number of carbonyl (C=O) groups is 2. The molecule has 2 unspecified atom stereocenters. The number of benzene rings is 2. The molecular formula is C38H62N2O4. The Morgan fingerprint density at radius 3 is 1.16 bits per heavy atom. The summed E-state index contributed by atoms with van der Waals surface area (Å²) in [4.78, 5) is 23.2. The second-order valence-corrected chi connectivity index (χ2v) is 12.0. The second-order valence-electron chi connectivity index (χ2n) is 12.0. The van der Waals surface area contributed by atoms with Gasteiger partial charge in [0.1, 0.15) is 11.5 Å². The van der Waals surface area contributed by atoms with Gasteiger partial charge in [-0.2, -0.15) is 0 Å². The van der Waals surface area contributed by atoms with Gasteiger partial charge in [-0.05, 0) is 61.8 Å². The Balaban J connectivity index is 0.000000440. The molecule has 0 radical (unpaired) electrons. The molecule has 0 aromatic heterocycles. The van der Waals surface area contributed by atoms with E-state index in [-0.39, 0.29) is 24.8 Å². The average Bonchev–Trinajstić information content (AvgIpc) is 3.03. The van der Waals surface area contributed by atoms with Gasteiger partial charge in [-0.1, -0.05) is 128 Å². The summed E-state index contributed by atoms with van der Waals surface area (Å²) in [6.07, 6.45) is 17.2. The highest BCUT2D eigenvalue weighted by Gasteiger charge is 2.14. The van der Waals surface area contributed by atoms with Gasteiger partial charge in [0.05, 0.1) is 0 Å². The molecule has 6 nitrogen and oxygen atoms in total. The van der Waals surface area contributed by atoms with Crippen LogP contribution in [-0.4, -0.2) is 24.0 Å². The smallest absolute Gasteiger partial charge is 0.311 e. The number of nitrogens with two attached hydrogens (primary N) is 2. The molecule has 0 saturated heterocycles. The van der Waals surface area contributed by atoms with E-state index < -0.39 is 0 Å². The molecule has 0 aliphatic heterocycles. The lowest BCUT2D eigenvalue weighted by molar-refractivity contribution is -0.136. The van der Waals surface area contributed by atoms with Crippen LogP contribution in [0.15, 0.2) is 60.7 Å². The van der Waals surface area contributed by atoms with Gasteiger partial charge >= 0.3 is 11.9 Å². The first-order valence-corrected chi connectivity index (χ1v) is 17.4. The van der Waals surface area contributed by atoms with E-state index in [4.69, 9.17) is 20.9 Å². The molecule has 2 aromatic carbocycles. The van der Waals surface area contributed by atoms with Crippen molar-refractivity contribution in [2.45, 2.75) is 143 Å². The van der Waals surface area contributed by atoms with Gasteiger partial charge in [-0.15, -0.1) is 0 Å². The van der Waals surface area contributed by atoms with Crippen LogP contribution in [0.4, 0.5) is 0 Å². The summed E-state index contributed by atoms with van der Waals surface area (Å²) >= 11 is 0. The Hall–Kier alpha value is -2.70. The highest BCUT2D eigenvalue weighted by molar-refractivity contribution is 5.73. The summed E-state index contributed by atoms with van der Waals surface area (Å²) in [5.41, 5.74) is 12.6. The highest BCUT2D eigenvalue weighted by atomic mass is 16.5. The zero-order valence-electron chi connectivity index (χ0n) is 28.2. The van der Waals surface area contributed by atoms with Crippen LogP contribution in [0.3, 0.4) is 0 Å². The van der Waals surface area contributed by atoms with Crippen molar-refractivity contribution < 1.29 is 19.1 Å². The number of unbranched alkanes of at least 4 members (excludes halogenated alkanes) is 6. The molecule has 2 aromatic rings. The van der Waals surface area contributed by atoms with Gasteiger partial charge in [-0.3, -0.25) is 9.59 Å². The first kappa shape index (κ1) is 39.3. The molecule has 0 heterocycles. The van der Waals surface area contributed by atoms with Crippen LogP contribution in [-0.2, 0) is 9.59 Å². The van der Waals surface area contributed by atoms with E-state index in [9.17, 15) is 9.59 Å². The maximum Gasteiger partial charge on any atom is 0.311 e. The van der Waals surface area contributed by atoms with E-state index in [0.29, 0.717) is 36.4 Å². The van der Waals surface area contributed by atoms with Crippen LogP contribution < -0.4 is 20.9 Å². The first-order chi connectivity index (χ1) is 21.3. The molecule has 2 rings (SSSR count). The van der Waals surface area contributed by atoms with Gasteiger partial charge in [0.15, 0.2) is 0 Å². The van der Waals surface area contributed by atoms with E-state index in [2.05, 4.69) is 27.7 Å². The van der Waals surface area contributed by atoms with E-state index in [1.54, 1.807) is 24.3 Å². The van der Waals surface area contributed by atoms with Gasteiger partial charge in [0.25, 0.3) is 0 Å². The topological polar surface area (TPSA) is 105 Å². The predicted molar refractivity (Wildman–Crippen MR) is 184 cm³/mol. The first-order valence-electron chi connectivity index (χ1n) is 17.4. The molecule has 0 spiro atoms. The second kappa shape index (κ2) is 25.6. The molecule has 2 atom stereocenters. The minimum absolute atomic E-state index is 0.285. The molecule has 0 aliphatic carbocycles. The van der Waals surface area contributed by atoms with Crippen LogP contribution in [0.25, 0.3) is 0 Å². The number of hydrogen-bond donors (Lipinski definition) is 2. The number of ether oxygens (including phenoxy) is 2. The summed E-state index contributed by atoms with van der Waals surface area (Å²) in [7, 11) is 0. The van der Waals surface area contributed by atoms with Crippen LogP contribution in [0, 0.1) is 11.8 Å². The van der Waals surface area contributed by atoms with E-state index >= 15 is 0 Å². The van der Waals surface area contributed by atoms with E-state index in [1.165, 1.54) is 77.0 Å². The number of carbonyl (C=O) groups excluding carboxylic acids is 2. The number of para-hydroxylation sites is 2. The fourth-order valence-corrected chi connectivity index (χ4v) is 5.61. The van der Waals surface area contributed by atoms with Crippen molar-refractivity contribution in [2.24, 2.45) is 23.3 Å². The third kappa shape index (κ3) is 18.9. The minimum Gasteiger partial charge on any atom is -0.427 e. The molecule has 6 heteroatoms. The molecule has 0 fully saturated rings. The SMILES string of the molecule is CCC(CC)C(N)CCCCCCCCC(N)C(CC)CC.O=C(CCCCC(=O)Oc1ccccc1)Oc1ccccc1. The molecule has 0 saturated carbocycles. The third-order valence-electron chi connectivity index (χ3n) is 8.60. The fraction of sp³-hybridized carbons (Fsp3) is 0.632. The molecule has 4 N–H and O–H groups in total. The lowest BCUT2D eigenvalue weighted by atomic mass is 9.90. The van der Waals surface area contributed by atoms with Crippen LogP contribution >= 0.6 is 0 Å². The van der Waals surface area contributed by atoms with Crippen LogP contribution in [0.1, 0.15) is 130 Å². The number of esters is 2. The van der Waals surface area contributed by atoms with Crippen molar-refractivity contribution >= 4 is 11.9 Å². The Labute approximate surface area is 268 Å². The zero-order chi connectivity index (χ0) is 32.4. The van der Waals surface area contributed by atoms with Crippen molar-refractivity contribution in [3.05, 3.63) is 60.7 Å². The molecule has 44 heavy (non-hydrogen) atoms. The minimum atomic E-state index is -0.289. The lowest BCUT2D eigenvalue weighted by Crippen LogP contribution is -2.29. The predicted octanol–water partition coefficient (Wildman–Crippen LogP) is 9.39. The van der Waals surface area contributed by atoms with Gasteiger partial charge < -0.3 is 20.9 Å². The van der Waals surface area contributed by atoms with Crippen molar-refractivity contribution in [2.75, 3.05) is 0 Å². The fourth-order valence-electron chi connectivity index (χ4n) is 5.61. The number of rotatable bonds is 22. The third-order valence-corrected chi connectivity index (χ3v) is 8.60. The van der Waals surface area contributed by atoms with E-state index in [0.717, 1.165) is 11.8 Å². The number of hydrogen-bond acceptors (Lipinski definition) is 6. The Kier molecular flexibility index (Phi) is 22.9. The maximum atomic E-state index is 11.6. The Morgan fingerprint density at radius 1 is 0.523 bits per heavy atom. The van der Waals surface area contributed by atoms with E-state index in [1.807, 2.05) is 36.4 Å². The lowest BCUT2D eigenvalue weighted by Gasteiger charge is -2.21. The standard InChI is InChI=1S/C20H44N2.C18H18O4/c1-5-17(6-2)19(21)15-13-11-9-10-12-14-16-20(22)18(7-3)8-4;19-17(21-15-9-3-1-4-10-15)13-7-8-14-18(20)22-16-11-5-2-6-12-16/h17-20H,5-16,21-22H2,1-4H3;1-6,9-12H,7-8,13-14H2.